The number of aliphatic hydroxyl groups excluding tert-OH is 2. The molecule has 0 saturated carbocycles. The van der Waals surface area contributed by atoms with Gasteiger partial charge in [0, 0.05) is 6.92 Å². The summed E-state index contributed by atoms with van der Waals surface area (Å²) in [6.07, 6.45) is 0. The molecule has 0 bridgehead atoms. The zero-order valence-electron chi connectivity index (χ0n) is 12.7. The first-order valence-electron chi connectivity index (χ1n) is 6.47. The summed E-state index contributed by atoms with van der Waals surface area (Å²) in [5, 5.41) is 45.0. The van der Waals surface area contributed by atoms with Gasteiger partial charge in [-0.05, 0) is 0 Å². The van der Waals surface area contributed by atoms with Crippen LogP contribution < -0.4 is 16.4 Å². The number of carboxylic acid groups (broad SMARTS) is 2. The van der Waals surface area contributed by atoms with Gasteiger partial charge in [0.2, 0.25) is 11.8 Å². The number of hydrogen-bond acceptors (Lipinski definition) is 9. The first-order chi connectivity index (χ1) is 11.2. The Morgan fingerprint density at radius 1 is 1.21 bits per heavy atom. The number of nitrogens with two attached hydrogens (primary N) is 1. The Kier molecular flexibility index (Phi) is 9.62. The van der Waals surface area contributed by atoms with Gasteiger partial charge in [0.05, 0.1) is 19.8 Å². The summed E-state index contributed by atoms with van der Waals surface area (Å²) < 4.78 is 5.05. The Balaban J connectivity index is 0.00000118. The fraction of sp³-hybridized carbons (Fsp3) is 0.545. The van der Waals surface area contributed by atoms with Gasteiger partial charge in [0.1, 0.15) is 6.04 Å². The average molecular weight is 349 g/mol. The smallest absolute Gasteiger partial charge is 0.328 e. The first kappa shape index (κ1) is 21.2. The van der Waals surface area contributed by atoms with E-state index in [9.17, 15) is 9.59 Å². The molecule has 0 aliphatic carbocycles. The molecule has 13 nitrogen and oxygen atoms in total. The minimum absolute atomic E-state index is 0.0171. The molecule has 0 aromatic carbocycles. The predicted molar refractivity (Wildman–Crippen MR) is 75.5 cm³/mol. The van der Waals surface area contributed by atoms with Crippen LogP contribution in [0.1, 0.15) is 24.7 Å². The van der Waals surface area contributed by atoms with Gasteiger partial charge < -0.3 is 41.2 Å². The molecule has 1 rings (SSSR count). The highest BCUT2D eigenvalue weighted by Crippen LogP contribution is 2.07. The van der Waals surface area contributed by atoms with E-state index in [-0.39, 0.29) is 24.9 Å². The van der Waals surface area contributed by atoms with Crippen LogP contribution in [-0.4, -0.2) is 67.8 Å². The summed E-state index contributed by atoms with van der Waals surface area (Å²) >= 11 is 0. The molecule has 13 heteroatoms. The van der Waals surface area contributed by atoms with Gasteiger partial charge in [-0.25, -0.2) is 9.59 Å². The Morgan fingerprint density at radius 2 is 1.79 bits per heavy atom. The standard InChI is InChI=1S/C9H15N5O6.C2H4O2/c10-4(2-15)7-14-13-6(20-7)1-11-9(19)12-5(3-16)8(17)18;1-2(3)4/h4-5,15-16H,1-3,10H2,(H,17,18)(H2,11,12,19);1H3,(H,3,4)/t4-,5-;/m0./s1. The second kappa shape index (κ2) is 10.9. The van der Waals surface area contributed by atoms with E-state index in [1.165, 1.54) is 0 Å². The van der Waals surface area contributed by atoms with Crippen LogP contribution in [-0.2, 0) is 16.1 Å². The SMILES string of the molecule is CC(=O)O.N[C@@H](CO)c1nnc(CNC(=O)N[C@@H](CO)C(=O)O)o1. The lowest BCUT2D eigenvalue weighted by molar-refractivity contribution is -0.140. The molecule has 2 atom stereocenters. The fourth-order valence-corrected chi connectivity index (χ4v) is 1.12. The summed E-state index contributed by atoms with van der Waals surface area (Å²) in [4.78, 5) is 30.9. The van der Waals surface area contributed by atoms with Crippen LogP contribution in [0.2, 0.25) is 0 Å². The molecule has 2 amide bonds. The van der Waals surface area contributed by atoms with Crippen LogP contribution in [0.25, 0.3) is 0 Å². The molecule has 1 aromatic rings. The minimum Gasteiger partial charge on any atom is -0.481 e. The van der Waals surface area contributed by atoms with Gasteiger partial charge in [-0.3, -0.25) is 4.79 Å². The number of aliphatic carboxylic acids is 2. The van der Waals surface area contributed by atoms with Crippen molar-refractivity contribution in [2.24, 2.45) is 5.73 Å². The molecule has 1 aromatic heterocycles. The third-order valence-corrected chi connectivity index (χ3v) is 2.18. The van der Waals surface area contributed by atoms with Crippen molar-refractivity contribution < 1.29 is 39.2 Å². The lowest BCUT2D eigenvalue weighted by Crippen LogP contribution is -2.47. The second-order valence-corrected chi connectivity index (χ2v) is 4.24. The fourth-order valence-electron chi connectivity index (χ4n) is 1.12. The van der Waals surface area contributed by atoms with Crippen LogP contribution in [0.15, 0.2) is 4.42 Å². The van der Waals surface area contributed by atoms with Crippen LogP contribution in [0.3, 0.4) is 0 Å². The van der Waals surface area contributed by atoms with Crippen LogP contribution >= 0.6 is 0 Å². The number of carboxylic acids is 2. The van der Waals surface area contributed by atoms with E-state index in [1.807, 2.05) is 5.32 Å². The Bertz CT molecular complexity index is 544. The third-order valence-electron chi connectivity index (χ3n) is 2.18. The van der Waals surface area contributed by atoms with Crippen molar-refractivity contribution in [2.45, 2.75) is 25.6 Å². The number of aromatic nitrogens is 2. The van der Waals surface area contributed by atoms with Crippen LogP contribution in [0.5, 0.6) is 0 Å². The van der Waals surface area contributed by atoms with Gasteiger partial charge in [0.25, 0.3) is 5.97 Å². The molecule has 136 valence electrons. The quantitative estimate of drug-likeness (QED) is 0.270. The zero-order chi connectivity index (χ0) is 18.7. The highest BCUT2D eigenvalue weighted by atomic mass is 16.4. The van der Waals surface area contributed by atoms with E-state index in [4.69, 9.17) is 35.4 Å². The van der Waals surface area contributed by atoms with Crippen molar-refractivity contribution in [1.82, 2.24) is 20.8 Å². The number of nitrogens with one attached hydrogen (secondary N) is 2. The summed E-state index contributed by atoms with van der Waals surface area (Å²) in [7, 11) is 0. The lowest BCUT2D eigenvalue weighted by Gasteiger charge is -2.11. The number of carbonyl (C=O) groups is 3. The predicted octanol–water partition coefficient (Wildman–Crippen LogP) is -2.60. The second-order valence-electron chi connectivity index (χ2n) is 4.24. The molecule has 0 saturated heterocycles. The monoisotopic (exact) mass is 349 g/mol. The number of amides is 2. The minimum atomic E-state index is -1.41. The van der Waals surface area contributed by atoms with Gasteiger partial charge in [-0.2, -0.15) is 0 Å². The largest absolute Gasteiger partial charge is 0.481 e. The van der Waals surface area contributed by atoms with Crippen molar-refractivity contribution in [3.63, 3.8) is 0 Å². The number of urea groups is 1. The van der Waals surface area contributed by atoms with Gasteiger partial charge in [-0.1, -0.05) is 0 Å². The molecule has 0 radical (unpaired) electrons. The maximum Gasteiger partial charge on any atom is 0.328 e. The number of rotatable bonds is 7. The summed E-state index contributed by atoms with van der Waals surface area (Å²) in [5.41, 5.74) is 5.44. The number of carbonyl (C=O) groups excluding carboxylic acids is 1. The van der Waals surface area contributed by atoms with E-state index in [2.05, 4.69) is 15.5 Å². The van der Waals surface area contributed by atoms with Crippen molar-refractivity contribution in [3.05, 3.63) is 11.8 Å². The highest BCUT2D eigenvalue weighted by molar-refractivity contribution is 5.82. The molecule has 0 fully saturated rings. The van der Waals surface area contributed by atoms with Crippen molar-refractivity contribution in [3.8, 4) is 0 Å². The van der Waals surface area contributed by atoms with Crippen molar-refractivity contribution in [1.29, 1.82) is 0 Å². The average Bonchev–Trinajstić information content (AvgIpc) is 2.97. The van der Waals surface area contributed by atoms with Gasteiger partial charge >= 0.3 is 12.0 Å². The van der Waals surface area contributed by atoms with E-state index in [0.717, 1.165) is 6.92 Å². The van der Waals surface area contributed by atoms with E-state index in [0.29, 0.717) is 0 Å². The molecule has 0 aliphatic rings. The number of hydrogen-bond donors (Lipinski definition) is 7. The topological polar surface area (TPSA) is 221 Å². The summed E-state index contributed by atoms with van der Waals surface area (Å²) in [5.74, 6) is -2.14. The molecule has 8 N–H and O–H groups in total. The van der Waals surface area contributed by atoms with Crippen molar-refractivity contribution >= 4 is 18.0 Å². The van der Waals surface area contributed by atoms with Crippen molar-refractivity contribution in [2.75, 3.05) is 13.2 Å². The van der Waals surface area contributed by atoms with E-state index >= 15 is 0 Å². The number of nitrogens with zero attached hydrogens (tertiary/aromatic N) is 2. The van der Waals surface area contributed by atoms with Gasteiger partial charge in [0.15, 0.2) is 6.04 Å². The molecule has 0 unspecified atom stereocenters. The summed E-state index contributed by atoms with van der Waals surface area (Å²) in [6.45, 7) is -0.181. The Labute approximate surface area is 135 Å². The van der Waals surface area contributed by atoms with E-state index in [1.54, 1.807) is 0 Å². The highest BCUT2D eigenvalue weighted by Gasteiger charge is 2.19. The van der Waals surface area contributed by atoms with E-state index < -0.39 is 36.7 Å². The number of aliphatic hydroxyl groups is 2. The first-order valence-corrected chi connectivity index (χ1v) is 6.47. The van der Waals surface area contributed by atoms with Crippen LogP contribution in [0, 0.1) is 0 Å². The third kappa shape index (κ3) is 8.62. The molecule has 0 spiro atoms. The lowest BCUT2D eigenvalue weighted by atomic mass is 10.3. The maximum atomic E-state index is 11.3. The Morgan fingerprint density at radius 3 is 2.25 bits per heavy atom. The normalized spacial score (nSPS) is 12.3. The van der Waals surface area contributed by atoms with Gasteiger partial charge in [-0.15, -0.1) is 10.2 Å². The molecule has 1 heterocycles. The Hall–Kier alpha value is -2.77. The zero-order valence-corrected chi connectivity index (χ0v) is 12.7. The molecular formula is C11H19N5O8. The molecule has 0 aliphatic heterocycles. The molecular weight excluding hydrogens is 330 g/mol. The maximum absolute atomic E-state index is 11.3. The summed E-state index contributed by atoms with van der Waals surface area (Å²) in [6, 6.07) is -3.04. The molecule has 24 heavy (non-hydrogen) atoms. The van der Waals surface area contributed by atoms with Crippen LogP contribution in [0.4, 0.5) is 4.79 Å².